The van der Waals surface area contributed by atoms with Crippen molar-refractivity contribution in [3.8, 4) is 0 Å². The van der Waals surface area contributed by atoms with Gasteiger partial charge in [0, 0.05) is 18.6 Å². The van der Waals surface area contributed by atoms with Crippen molar-refractivity contribution in [1.82, 2.24) is 14.8 Å². The molecule has 2 heterocycles. The molecule has 0 bridgehead atoms. The van der Waals surface area contributed by atoms with Gasteiger partial charge in [-0.25, -0.2) is 0 Å². The Kier molecular flexibility index (Phi) is 2.83. The van der Waals surface area contributed by atoms with Crippen molar-refractivity contribution in [2.24, 2.45) is 7.05 Å². The number of aryl methyl sites for hydroxylation is 1. The Hall–Kier alpha value is -2.89. The van der Waals surface area contributed by atoms with Crippen molar-refractivity contribution in [1.29, 1.82) is 0 Å². The minimum atomic E-state index is -0.347. The third kappa shape index (κ3) is 2.18. The zero-order chi connectivity index (χ0) is 14.1. The van der Waals surface area contributed by atoms with Crippen molar-refractivity contribution in [2.75, 3.05) is 11.1 Å². The Labute approximate surface area is 115 Å². The number of aromatic nitrogens is 3. The number of nitrogen functional groups attached to an aromatic ring is 1. The molecule has 0 aliphatic heterocycles. The van der Waals surface area contributed by atoms with E-state index in [2.05, 4.69) is 15.4 Å². The van der Waals surface area contributed by atoms with Gasteiger partial charge in [0.25, 0.3) is 5.91 Å². The molecule has 0 saturated heterocycles. The van der Waals surface area contributed by atoms with Gasteiger partial charge in [-0.2, -0.15) is 5.10 Å². The largest absolute Gasteiger partial charge is 0.396 e. The van der Waals surface area contributed by atoms with Crippen LogP contribution in [0.3, 0.4) is 0 Å². The van der Waals surface area contributed by atoms with E-state index in [0.717, 1.165) is 10.9 Å². The maximum Gasteiger partial charge on any atom is 0.278 e. The highest BCUT2D eigenvalue weighted by atomic mass is 16.2. The van der Waals surface area contributed by atoms with Gasteiger partial charge in [0.05, 0.1) is 23.1 Å². The standard InChI is InChI=1S/C14H13N5O/c1-19-8-11(15)13(18-19)14(20)17-10-6-9-4-2-3-5-12(9)16-7-10/h2-8H,15H2,1H3,(H,17,20). The van der Waals surface area contributed by atoms with Crippen LogP contribution in [0.4, 0.5) is 11.4 Å². The number of para-hydroxylation sites is 1. The molecular weight excluding hydrogens is 254 g/mol. The van der Waals surface area contributed by atoms with Gasteiger partial charge < -0.3 is 11.1 Å². The Morgan fingerprint density at radius 2 is 2.15 bits per heavy atom. The molecule has 0 aliphatic carbocycles. The fraction of sp³-hybridized carbons (Fsp3) is 0.0714. The van der Waals surface area contributed by atoms with Gasteiger partial charge in [0.15, 0.2) is 5.69 Å². The Morgan fingerprint density at radius 1 is 1.35 bits per heavy atom. The lowest BCUT2D eigenvalue weighted by molar-refractivity contribution is 0.102. The number of benzene rings is 1. The smallest absolute Gasteiger partial charge is 0.278 e. The number of carbonyl (C=O) groups is 1. The van der Waals surface area contributed by atoms with E-state index in [0.29, 0.717) is 11.4 Å². The molecule has 0 spiro atoms. The summed E-state index contributed by atoms with van der Waals surface area (Å²) in [5.41, 5.74) is 7.77. The molecule has 0 radical (unpaired) electrons. The van der Waals surface area contributed by atoms with E-state index < -0.39 is 0 Å². The molecule has 3 rings (SSSR count). The number of pyridine rings is 1. The first-order valence-electron chi connectivity index (χ1n) is 6.09. The second-order valence-electron chi connectivity index (χ2n) is 4.48. The zero-order valence-electron chi connectivity index (χ0n) is 10.9. The van der Waals surface area contributed by atoms with Gasteiger partial charge in [-0.05, 0) is 12.1 Å². The van der Waals surface area contributed by atoms with E-state index in [9.17, 15) is 4.79 Å². The van der Waals surface area contributed by atoms with Crippen molar-refractivity contribution in [3.05, 3.63) is 48.4 Å². The summed E-state index contributed by atoms with van der Waals surface area (Å²) in [4.78, 5) is 16.4. The molecule has 100 valence electrons. The zero-order valence-corrected chi connectivity index (χ0v) is 10.9. The van der Waals surface area contributed by atoms with E-state index in [1.807, 2.05) is 30.3 Å². The molecule has 0 atom stereocenters. The normalized spacial score (nSPS) is 10.7. The summed E-state index contributed by atoms with van der Waals surface area (Å²) in [6.45, 7) is 0. The highest BCUT2D eigenvalue weighted by Gasteiger charge is 2.14. The number of fused-ring (bicyclic) bond motifs is 1. The van der Waals surface area contributed by atoms with Gasteiger partial charge in [-0.3, -0.25) is 14.5 Å². The first-order chi connectivity index (χ1) is 9.63. The average Bonchev–Trinajstić information content (AvgIpc) is 2.78. The van der Waals surface area contributed by atoms with Gasteiger partial charge >= 0.3 is 0 Å². The molecule has 6 nitrogen and oxygen atoms in total. The molecule has 2 aromatic heterocycles. The maximum absolute atomic E-state index is 12.1. The van der Waals surface area contributed by atoms with Crippen LogP contribution < -0.4 is 11.1 Å². The number of hydrogen-bond donors (Lipinski definition) is 2. The summed E-state index contributed by atoms with van der Waals surface area (Å²) in [6.07, 6.45) is 3.20. The monoisotopic (exact) mass is 267 g/mol. The Bertz CT molecular complexity index is 793. The van der Waals surface area contributed by atoms with Gasteiger partial charge in [-0.15, -0.1) is 0 Å². The predicted octanol–water partition coefficient (Wildman–Crippen LogP) is 1.80. The minimum absolute atomic E-state index is 0.209. The summed E-state index contributed by atoms with van der Waals surface area (Å²) in [5.74, 6) is -0.347. The van der Waals surface area contributed by atoms with Gasteiger partial charge in [0.1, 0.15) is 0 Å². The number of hydrogen-bond acceptors (Lipinski definition) is 4. The van der Waals surface area contributed by atoms with E-state index in [1.165, 1.54) is 4.68 Å². The van der Waals surface area contributed by atoms with Crippen LogP contribution in [-0.2, 0) is 7.05 Å². The summed E-state index contributed by atoms with van der Waals surface area (Å²) in [7, 11) is 1.71. The van der Waals surface area contributed by atoms with Crippen LogP contribution >= 0.6 is 0 Å². The lowest BCUT2D eigenvalue weighted by Crippen LogP contribution is -2.14. The molecule has 3 aromatic rings. The summed E-state index contributed by atoms with van der Waals surface area (Å²) in [6, 6.07) is 9.55. The van der Waals surface area contributed by atoms with Crippen LogP contribution in [0.15, 0.2) is 42.7 Å². The van der Waals surface area contributed by atoms with E-state index in [1.54, 1.807) is 19.4 Å². The van der Waals surface area contributed by atoms with Crippen LogP contribution in [0.1, 0.15) is 10.5 Å². The van der Waals surface area contributed by atoms with Crippen LogP contribution in [0.25, 0.3) is 10.9 Å². The van der Waals surface area contributed by atoms with Crippen LogP contribution in [-0.4, -0.2) is 20.7 Å². The molecule has 0 fully saturated rings. The number of carbonyl (C=O) groups excluding carboxylic acids is 1. The Balaban J connectivity index is 1.89. The molecule has 3 N–H and O–H groups in total. The summed E-state index contributed by atoms with van der Waals surface area (Å²) in [5, 5.41) is 7.73. The van der Waals surface area contributed by atoms with Crippen LogP contribution in [0.5, 0.6) is 0 Å². The first kappa shape index (κ1) is 12.2. The fourth-order valence-corrected chi connectivity index (χ4v) is 2.01. The van der Waals surface area contributed by atoms with E-state index >= 15 is 0 Å². The van der Waals surface area contributed by atoms with Crippen LogP contribution in [0, 0.1) is 0 Å². The molecular formula is C14H13N5O. The number of rotatable bonds is 2. The number of nitrogens with zero attached hydrogens (tertiary/aromatic N) is 3. The lowest BCUT2D eigenvalue weighted by atomic mass is 10.2. The van der Waals surface area contributed by atoms with Crippen molar-refractivity contribution in [2.45, 2.75) is 0 Å². The molecule has 1 amide bonds. The molecule has 0 saturated carbocycles. The van der Waals surface area contributed by atoms with E-state index in [-0.39, 0.29) is 11.6 Å². The number of anilines is 2. The lowest BCUT2D eigenvalue weighted by Gasteiger charge is -2.04. The average molecular weight is 267 g/mol. The van der Waals surface area contributed by atoms with Crippen molar-refractivity contribution >= 4 is 28.2 Å². The SMILES string of the molecule is Cn1cc(N)c(C(=O)Nc2cnc3ccccc3c2)n1. The first-order valence-corrected chi connectivity index (χ1v) is 6.09. The number of amides is 1. The fourth-order valence-electron chi connectivity index (χ4n) is 2.01. The predicted molar refractivity (Wildman–Crippen MR) is 77.3 cm³/mol. The van der Waals surface area contributed by atoms with Gasteiger partial charge in [0.2, 0.25) is 0 Å². The second-order valence-corrected chi connectivity index (χ2v) is 4.48. The Morgan fingerprint density at radius 3 is 2.90 bits per heavy atom. The van der Waals surface area contributed by atoms with Crippen LogP contribution in [0.2, 0.25) is 0 Å². The number of nitrogens with two attached hydrogens (primary N) is 1. The summed E-state index contributed by atoms with van der Waals surface area (Å²) < 4.78 is 1.50. The number of nitrogens with one attached hydrogen (secondary N) is 1. The topological polar surface area (TPSA) is 85.8 Å². The molecule has 6 heteroatoms. The maximum atomic E-state index is 12.1. The van der Waals surface area contributed by atoms with E-state index in [4.69, 9.17) is 5.73 Å². The molecule has 20 heavy (non-hydrogen) atoms. The van der Waals surface area contributed by atoms with Gasteiger partial charge in [-0.1, -0.05) is 18.2 Å². The van der Waals surface area contributed by atoms with Crippen molar-refractivity contribution < 1.29 is 4.79 Å². The second kappa shape index (κ2) is 4.65. The molecule has 1 aromatic carbocycles. The minimum Gasteiger partial charge on any atom is -0.396 e. The highest BCUT2D eigenvalue weighted by Crippen LogP contribution is 2.17. The molecule has 0 unspecified atom stereocenters. The highest BCUT2D eigenvalue weighted by molar-refractivity contribution is 6.06. The summed E-state index contributed by atoms with van der Waals surface area (Å²) >= 11 is 0. The van der Waals surface area contributed by atoms with Crippen molar-refractivity contribution in [3.63, 3.8) is 0 Å². The third-order valence-electron chi connectivity index (χ3n) is 2.92. The third-order valence-corrected chi connectivity index (χ3v) is 2.92. The molecule has 0 aliphatic rings. The quantitative estimate of drug-likeness (QED) is 0.741.